The highest BCUT2D eigenvalue weighted by Gasteiger charge is 2.21. The molecule has 0 spiro atoms. The Labute approximate surface area is 183 Å². The Bertz CT molecular complexity index is 1320. The monoisotopic (exact) mass is 437 g/mol. The summed E-state index contributed by atoms with van der Waals surface area (Å²) in [5.74, 6) is -0.0850. The molecule has 0 aliphatic rings. The molecule has 0 bridgehead atoms. The number of aryl methyl sites for hydroxylation is 3. The molecular weight excluding hydrogens is 418 g/mol. The van der Waals surface area contributed by atoms with Gasteiger partial charge in [0.15, 0.2) is 12.4 Å². The Morgan fingerprint density at radius 1 is 1.10 bits per heavy atom. The van der Waals surface area contributed by atoms with Crippen LogP contribution in [-0.4, -0.2) is 12.5 Å². The minimum Gasteiger partial charge on any atom is -0.476 e. The molecule has 2 aromatic carbocycles. The predicted molar refractivity (Wildman–Crippen MR) is 120 cm³/mol. The molecule has 0 saturated heterocycles. The second-order valence-electron chi connectivity index (χ2n) is 7.32. The van der Waals surface area contributed by atoms with Crippen molar-refractivity contribution in [2.75, 3.05) is 11.9 Å². The molecule has 1 N–H and O–H groups in total. The quantitative estimate of drug-likeness (QED) is 0.436. The molecule has 31 heavy (non-hydrogen) atoms. The van der Waals surface area contributed by atoms with Gasteiger partial charge in [-0.15, -0.1) is 0 Å². The molecule has 1 amide bonds. The normalized spacial score (nSPS) is 11.0. The van der Waals surface area contributed by atoms with Crippen molar-refractivity contribution in [1.82, 2.24) is 0 Å². The maximum atomic E-state index is 13.1. The fourth-order valence-corrected chi connectivity index (χ4v) is 3.71. The first-order valence-electron chi connectivity index (χ1n) is 9.64. The number of hydrogen-bond donors (Lipinski definition) is 1. The molecular formula is C24H20ClNO5. The van der Waals surface area contributed by atoms with Gasteiger partial charge in [0.25, 0.3) is 5.91 Å². The average molecular weight is 438 g/mol. The van der Waals surface area contributed by atoms with Gasteiger partial charge in [-0.05, 0) is 62.2 Å². The van der Waals surface area contributed by atoms with Crippen LogP contribution in [0.15, 0.2) is 62.4 Å². The molecule has 6 nitrogen and oxygen atoms in total. The number of nitrogens with one attached hydrogen (secondary N) is 1. The number of rotatable bonds is 5. The van der Waals surface area contributed by atoms with Crippen LogP contribution in [-0.2, 0) is 4.79 Å². The summed E-state index contributed by atoms with van der Waals surface area (Å²) < 4.78 is 16.9. The first-order valence-corrected chi connectivity index (χ1v) is 10.0. The van der Waals surface area contributed by atoms with Gasteiger partial charge >= 0.3 is 0 Å². The third-order valence-corrected chi connectivity index (χ3v) is 5.08. The minimum absolute atomic E-state index is 0.111. The lowest BCUT2D eigenvalue weighted by molar-refractivity contribution is -0.118. The van der Waals surface area contributed by atoms with E-state index >= 15 is 0 Å². The molecule has 0 saturated carbocycles. The molecule has 0 aliphatic heterocycles. The van der Waals surface area contributed by atoms with Crippen molar-refractivity contribution in [3.8, 4) is 17.3 Å². The maximum Gasteiger partial charge on any atom is 0.262 e. The molecule has 0 fully saturated rings. The molecule has 0 radical (unpaired) electrons. The molecule has 158 valence electrons. The third-order valence-electron chi connectivity index (χ3n) is 4.84. The summed E-state index contributed by atoms with van der Waals surface area (Å²) in [5, 5.41) is 3.50. The molecule has 0 aliphatic carbocycles. The number of halogens is 1. The Morgan fingerprint density at radius 3 is 2.52 bits per heavy atom. The van der Waals surface area contributed by atoms with E-state index in [-0.39, 0.29) is 23.5 Å². The first kappa shape index (κ1) is 20.8. The zero-order valence-corrected chi connectivity index (χ0v) is 18.0. The van der Waals surface area contributed by atoms with Crippen LogP contribution in [0, 0.1) is 20.8 Å². The van der Waals surface area contributed by atoms with Crippen molar-refractivity contribution >= 4 is 34.2 Å². The standard InChI is InChI=1S/C24H20ClNO5/c1-13-9-14(2)21(15(3)10-13)26-20(27)12-30-24-22(28)17-11-16(25)6-7-18(17)31-23(24)19-5-4-8-29-19/h4-11H,12H2,1-3H3,(H,26,27). The third kappa shape index (κ3) is 4.20. The molecule has 0 unspecified atom stereocenters. The van der Waals surface area contributed by atoms with E-state index in [1.165, 1.54) is 12.3 Å². The smallest absolute Gasteiger partial charge is 0.262 e. The van der Waals surface area contributed by atoms with Crippen molar-refractivity contribution in [3.05, 3.63) is 80.7 Å². The summed E-state index contributed by atoms with van der Waals surface area (Å²) in [7, 11) is 0. The van der Waals surface area contributed by atoms with Gasteiger partial charge in [-0.1, -0.05) is 29.3 Å². The first-order chi connectivity index (χ1) is 14.8. The molecule has 0 atom stereocenters. The van der Waals surface area contributed by atoms with E-state index in [4.69, 9.17) is 25.2 Å². The number of furan rings is 1. The van der Waals surface area contributed by atoms with E-state index in [0.29, 0.717) is 16.4 Å². The summed E-state index contributed by atoms with van der Waals surface area (Å²) in [6.45, 7) is 5.47. The fraction of sp³-hybridized carbons (Fsp3) is 0.167. The summed E-state index contributed by atoms with van der Waals surface area (Å²) in [6, 6.07) is 12.0. The van der Waals surface area contributed by atoms with E-state index in [0.717, 1.165) is 22.4 Å². The molecule has 4 aromatic rings. The molecule has 7 heteroatoms. The van der Waals surface area contributed by atoms with E-state index in [9.17, 15) is 9.59 Å². The number of fused-ring (bicyclic) bond motifs is 1. The van der Waals surface area contributed by atoms with Gasteiger partial charge in [0.05, 0.1) is 11.6 Å². The van der Waals surface area contributed by atoms with Crippen LogP contribution < -0.4 is 15.5 Å². The largest absolute Gasteiger partial charge is 0.476 e. The maximum absolute atomic E-state index is 13.1. The number of benzene rings is 2. The van der Waals surface area contributed by atoms with Crippen molar-refractivity contribution in [3.63, 3.8) is 0 Å². The number of carbonyl (C=O) groups excluding carboxylic acids is 1. The van der Waals surface area contributed by atoms with Crippen molar-refractivity contribution in [2.24, 2.45) is 0 Å². The Balaban J connectivity index is 1.66. The van der Waals surface area contributed by atoms with Crippen LogP contribution in [0.3, 0.4) is 0 Å². The van der Waals surface area contributed by atoms with Crippen LogP contribution in [0.2, 0.25) is 5.02 Å². The number of amides is 1. The van der Waals surface area contributed by atoms with Crippen molar-refractivity contribution in [2.45, 2.75) is 20.8 Å². The van der Waals surface area contributed by atoms with Crippen LogP contribution in [0.4, 0.5) is 5.69 Å². The SMILES string of the molecule is Cc1cc(C)c(NC(=O)COc2c(-c3ccco3)oc3ccc(Cl)cc3c2=O)c(C)c1. The number of hydrogen-bond acceptors (Lipinski definition) is 5. The lowest BCUT2D eigenvalue weighted by Gasteiger charge is -2.14. The zero-order chi connectivity index (χ0) is 22.1. The van der Waals surface area contributed by atoms with Crippen LogP contribution in [0.1, 0.15) is 16.7 Å². The number of ether oxygens (including phenoxy) is 1. The van der Waals surface area contributed by atoms with Gasteiger partial charge in [0.1, 0.15) is 5.58 Å². The topological polar surface area (TPSA) is 81.7 Å². The minimum atomic E-state index is -0.439. The summed E-state index contributed by atoms with van der Waals surface area (Å²) >= 11 is 6.04. The van der Waals surface area contributed by atoms with Gasteiger partial charge in [-0.25, -0.2) is 0 Å². The number of anilines is 1. The molecule has 4 rings (SSSR count). The lowest BCUT2D eigenvalue weighted by atomic mass is 10.1. The van der Waals surface area contributed by atoms with Gasteiger partial charge in [-0.2, -0.15) is 0 Å². The van der Waals surface area contributed by atoms with Crippen molar-refractivity contribution in [1.29, 1.82) is 0 Å². The van der Waals surface area contributed by atoms with Gasteiger partial charge < -0.3 is 18.9 Å². The Morgan fingerprint density at radius 2 is 1.84 bits per heavy atom. The summed E-state index contributed by atoms with van der Waals surface area (Å²) in [5.41, 5.74) is 3.63. The van der Waals surface area contributed by atoms with Crippen LogP contribution >= 0.6 is 11.6 Å². The van der Waals surface area contributed by atoms with Gasteiger partial charge in [0.2, 0.25) is 16.9 Å². The molecule has 2 heterocycles. The summed E-state index contributed by atoms with van der Waals surface area (Å²) in [6.07, 6.45) is 1.46. The Hall–Kier alpha value is -3.51. The fourth-order valence-electron chi connectivity index (χ4n) is 3.54. The molecule has 2 aromatic heterocycles. The van der Waals surface area contributed by atoms with Gasteiger partial charge in [0, 0.05) is 10.7 Å². The van der Waals surface area contributed by atoms with Crippen LogP contribution in [0.5, 0.6) is 5.75 Å². The second kappa shape index (κ2) is 8.32. The highest BCUT2D eigenvalue weighted by Crippen LogP contribution is 2.32. The van der Waals surface area contributed by atoms with E-state index in [2.05, 4.69) is 5.32 Å². The van der Waals surface area contributed by atoms with Crippen LogP contribution in [0.25, 0.3) is 22.5 Å². The highest BCUT2D eigenvalue weighted by atomic mass is 35.5. The van der Waals surface area contributed by atoms with E-state index in [1.807, 2.05) is 32.9 Å². The predicted octanol–water partition coefficient (Wildman–Crippen LogP) is 5.65. The zero-order valence-electron chi connectivity index (χ0n) is 17.2. The summed E-state index contributed by atoms with van der Waals surface area (Å²) in [4.78, 5) is 25.7. The lowest BCUT2D eigenvalue weighted by Crippen LogP contribution is -2.23. The van der Waals surface area contributed by atoms with Gasteiger partial charge in [-0.3, -0.25) is 9.59 Å². The van der Waals surface area contributed by atoms with E-state index in [1.54, 1.807) is 24.3 Å². The Kier molecular flexibility index (Phi) is 5.57. The second-order valence-corrected chi connectivity index (χ2v) is 7.75. The number of carbonyl (C=O) groups is 1. The van der Waals surface area contributed by atoms with E-state index < -0.39 is 11.3 Å². The highest BCUT2D eigenvalue weighted by molar-refractivity contribution is 6.31. The average Bonchev–Trinajstić information content (AvgIpc) is 3.25. The van der Waals surface area contributed by atoms with Crippen molar-refractivity contribution < 1.29 is 18.4 Å².